The van der Waals surface area contributed by atoms with Gasteiger partial charge in [-0.15, -0.1) is 0 Å². The number of carbonyl (C=O) groups is 2. The molecule has 0 bridgehead atoms. The van der Waals surface area contributed by atoms with Crippen LogP contribution in [0.25, 0.3) is 0 Å². The molecule has 0 spiro atoms. The van der Waals surface area contributed by atoms with Crippen LogP contribution in [0.5, 0.6) is 11.5 Å². The van der Waals surface area contributed by atoms with Crippen molar-refractivity contribution in [3.8, 4) is 11.5 Å². The molecule has 2 unspecified atom stereocenters. The van der Waals surface area contributed by atoms with Crippen LogP contribution in [0.3, 0.4) is 0 Å². The summed E-state index contributed by atoms with van der Waals surface area (Å²) in [6.07, 6.45) is 0. The van der Waals surface area contributed by atoms with E-state index in [0.717, 1.165) is 17.1 Å². The monoisotopic (exact) mass is 348 g/mol. The molecule has 0 N–H and O–H groups in total. The Morgan fingerprint density at radius 1 is 1.04 bits per heavy atom. The number of hydrogen-bond acceptors (Lipinski definition) is 6. The van der Waals surface area contributed by atoms with Crippen molar-refractivity contribution >= 4 is 11.8 Å². The molecule has 136 valence electrons. The Balaban J connectivity index is 1.67. The van der Waals surface area contributed by atoms with E-state index in [0.29, 0.717) is 32.8 Å². The third-order valence-electron chi connectivity index (χ3n) is 4.97. The molecule has 3 rings (SSSR count). The van der Waals surface area contributed by atoms with E-state index in [2.05, 4.69) is 4.90 Å². The van der Waals surface area contributed by atoms with E-state index >= 15 is 0 Å². The number of fused-ring (bicyclic) bond motifs is 1. The molecule has 25 heavy (non-hydrogen) atoms. The fourth-order valence-electron chi connectivity index (χ4n) is 3.65. The highest BCUT2D eigenvalue weighted by Crippen LogP contribution is 2.35. The molecule has 1 aromatic rings. The van der Waals surface area contributed by atoms with E-state index in [1.165, 1.54) is 4.90 Å². The highest BCUT2D eigenvalue weighted by molar-refractivity contribution is 6.05. The molecular weight excluding hydrogens is 324 g/mol. The van der Waals surface area contributed by atoms with Crippen LogP contribution in [-0.4, -0.2) is 69.2 Å². The van der Waals surface area contributed by atoms with Crippen LogP contribution in [0.4, 0.5) is 0 Å². The van der Waals surface area contributed by atoms with Crippen LogP contribution in [0, 0.1) is 11.8 Å². The van der Waals surface area contributed by atoms with Gasteiger partial charge in [-0.2, -0.15) is 0 Å². The lowest BCUT2D eigenvalue weighted by molar-refractivity contribution is -0.141. The summed E-state index contributed by atoms with van der Waals surface area (Å²) in [5.41, 5.74) is 1.01. The van der Waals surface area contributed by atoms with Gasteiger partial charge in [-0.3, -0.25) is 19.4 Å². The van der Waals surface area contributed by atoms with Gasteiger partial charge in [0, 0.05) is 38.4 Å². The molecule has 2 saturated heterocycles. The lowest BCUT2D eigenvalue weighted by Crippen LogP contribution is -2.37. The zero-order valence-corrected chi connectivity index (χ0v) is 14.9. The normalized spacial score (nSPS) is 23.2. The Labute approximate surface area is 147 Å². The van der Waals surface area contributed by atoms with Crippen LogP contribution < -0.4 is 9.47 Å². The Hall–Kier alpha value is -2.12. The smallest absolute Gasteiger partial charge is 0.234 e. The summed E-state index contributed by atoms with van der Waals surface area (Å²) in [4.78, 5) is 28.5. The fraction of sp³-hybridized carbons (Fsp3) is 0.556. The maximum atomic E-state index is 12.5. The van der Waals surface area contributed by atoms with Crippen LogP contribution in [-0.2, 0) is 20.9 Å². The molecule has 2 atom stereocenters. The summed E-state index contributed by atoms with van der Waals surface area (Å²) in [7, 11) is 4.80. The van der Waals surface area contributed by atoms with Gasteiger partial charge >= 0.3 is 0 Å². The SMILES string of the molecule is COCCN1C(=O)C2CN(Cc3ccc(OC)cc3OC)CC2C1=O. The van der Waals surface area contributed by atoms with Crippen molar-refractivity contribution in [1.82, 2.24) is 9.80 Å². The molecular formula is C18H24N2O5. The number of benzene rings is 1. The number of carbonyl (C=O) groups excluding carboxylic acids is 2. The van der Waals surface area contributed by atoms with E-state index in [1.54, 1.807) is 21.3 Å². The lowest BCUT2D eigenvalue weighted by Gasteiger charge is -2.21. The molecule has 0 saturated carbocycles. The van der Waals surface area contributed by atoms with Gasteiger partial charge < -0.3 is 14.2 Å². The Morgan fingerprint density at radius 3 is 2.28 bits per heavy atom. The first kappa shape index (κ1) is 17.7. The first-order valence-corrected chi connectivity index (χ1v) is 8.36. The van der Waals surface area contributed by atoms with E-state index in [9.17, 15) is 9.59 Å². The van der Waals surface area contributed by atoms with Crippen molar-refractivity contribution in [3.63, 3.8) is 0 Å². The number of ether oxygens (including phenoxy) is 3. The maximum Gasteiger partial charge on any atom is 0.234 e. The number of amides is 2. The third kappa shape index (κ3) is 3.34. The van der Waals surface area contributed by atoms with Gasteiger partial charge in [-0.1, -0.05) is 6.07 Å². The first-order chi connectivity index (χ1) is 12.1. The van der Waals surface area contributed by atoms with Gasteiger partial charge in [-0.05, 0) is 6.07 Å². The summed E-state index contributed by atoms with van der Waals surface area (Å²) in [6, 6.07) is 5.69. The average Bonchev–Trinajstić information content (AvgIpc) is 3.13. The Morgan fingerprint density at radius 2 is 1.72 bits per heavy atom. The number of rotatable bonds is 7. The predicted octanol–water partition coefficient (Wildman–Crippen LogP) is 0.767. The molecule has 0 aliphatic carbocycles. The summed E-state index contributed by atoms with van der Waals surface area (Å²) >= 11 is 0. The summed E-state index contributed by atoms with van der Waals surface area (Å²) in [6.45, 7) is 2.54. The number of methoxy groups -OCH3 is 3. The molecule has 1 aromatic carbocycles. The minimum atomic E-state index is -0.242. The van der Waals surface area contributed by atoms with Crippen molar-refractivity contribution < 1.29 is 23.8 Å². The van der Waals surface area contributed by atoms with Crippen LogP contribution >= 0.6 is 0 Å². The maximum absolute atomic E-state index is 12.5. The lowest BCUT2D eigenvalue weighted by atomic mass is 10.00. The second-order valence-corrected chi connectivity index (χ2v) is 6.41. The summed E-state index contributed by atoms with van der Waals surface area (Å²) in [5.74, 6) is 0.850. The molecule has 2 heterocycles. The highest BCUT2D eigenvalue weighted by Gasteiger charge is 2.51. The summed E-state index contributed by atoms with van der Waals surface area (Å²) < 4.78 is 15.6. The molecule has 2 aliphatic heterocycles. The van der Waals surface area contributed by atoms with Gasteiger partial charge in [0.25, 0.3) is 0 Å². The molecule has 2 amide bonds. The van der Waals surface area contributed by atoms with E-state index < -0.39 is 0 Å². The van der Waals surface area contributed by atoms with Crippen LogP contribution in [0.15, 0.2) is 18.2 Å². The van der Waals surface area contributed by atoms with Crippen molar-refractivity contribution in [2.45, 2.75) is 6.54 Å². The van der Waals surface area contributed by atoms with Crippen LogP contribution in [0.2, 0.25) is 0 Å². The number of nitrogens with zero attached hydrogens (tertiary/aromatic N) is 2. The van der Waals surface area contributed by atoms with Crippen molar-refractivity contribution in [2.75, 3.05) is 47.6 Å². The fourth-order valence-corrected chi connectivity index (χ4v) is 3.65. The second kappa shape index (κ2) is 7.41. The van der Waals surface area contributed by atoms with Crippen molar-refractivity contribution in [1.29, 1.82) is 0 Å². The molecule has 2 aliphatic rings. The molecule has 7 nitrogen and oxygen atoms in total. The molecule has 0 aromatic heterocycles. The number of likely N-dealkylation sites (tertiary alicyclic amines) is 2. The molecule has 7 heteroatoms. The van der Waals surface area contributed by atoms with Gasteiger partial charge in [-0.25, -0.2) is 0 Å². The van der Waals surface area contributed by atoms with Gasteiger partial charge in [0.2, 0.25) is 11.8 Å². The standard InChI is InChI=1S/C18H24N2O5/c1-23-7-6-20-17(21)14-10-19(11-15(14)18(20)22)9-12-4-5-13(24-2)8-16(12)25-3/h4-5,8,14-15H,6-7,9-11H2,1-3H3. The largest absolute Gasteiger partial charge is 0.497 e. The van der Waals surface area contributed by atoms with Crippen molar-refractivity contribution in [3.05, 3.63) is 23.8 Å². The van der Waals surface area contributed by atoms with E-state index in [4.69, 9.17) is 14.2 Å². The second-order valence-electron chi connectivity index (χ2n) is 6.41. The quantitative estimate of drug-likeness (QED) is 0.678. The van der Waals surface area contributed by atoms with Gasteiger partial charge in [0.15, 0.2) is 0 Å². The summed E-state index contributed by atoms with van der Waals surface area (Å²) in [5, 5.41) is 0. The van der Waals surface area contributed by atoms with Crippen LogP contribution in [0.1, 0.15) is 5.56 Å². The molecule has 2 fully saturated rings. The van der Waals surface area contributed by atoms with Gasteiger partial charge in [0.1, 0.15) is 11.5 Å². The number of imide groups is 1. The van der Waals surface area contributed by atoms with Gasteiger partial charge in [0.05, 0.1) is 39.2 Å². The predicted molar refractivity (Wildman–Crippen MR) is 90.4 cm³/mol. The Kier molecular flexibility index (Phi) is 5.24. The zero-order chi connectivity index (χ0) is 18.0. The average molecular weight is 348 g/mol. The Bertz CT molecular complexity index is 639. The van der Waals surface area contributed by atoms with Crippen molar-refractivity contribution in [2.24, 2.45) is 11.8 Å². The number of hydrogen-bond donors (Lipinski definition) is 0. The van der Waals surface area contributed by atoms with E-state index in [1.807, 2.05) is 18.2 Å². The topological polar surface area (TPSA) is 68.3 Å². The minimum Gasteiger partial charge on any atom is -0.497 e. The highest BCUT2D eigenvalue weighted by atomic mass is 16.5. The minimum absolute atomic E-state index is 0.0729. The first-order valence-electron chi connectivity index (χ1n) is 8.36. The van der Waals surface area contributed by atoms with E-state index in [-0.39, 0.29) is 23.7 Å². The molecule has 0 radical (unpaired) electrons. The zero-order valence-electron chi connectivity index (χ0n) is 14.9. The third-order valence-corrected chi connectivity index (χ3v) is 4.97.